The van der Waals surface area contributed by atoms with Gasteiger partial charge in [0.2, 0.25) is 0 Å². The van der Waals surface area contributed by atoms with E-state index in [-0.39, 0.29) is 5.91 Å². The number of aromatic nitrogens is 2. The first-order chi connectivity index (χ1) is 9.65. The number of carbonyl (C=O) groups excluding carboxylic acids is 1. The lowest BCUT2D eigenvalue weighted by atomic mass is 10.1. The molecule has 3 rings (SSSR count). The number of pyridine rings is 1. The Kier molecular flexibility index (Phi) is 2.99. The lowest BCUT2D eigenvalue weighted by Crippen LogP contribution is -2.14. The minimum Gasteiger partial charge on any atom is -0.319 e. The zero-order valence-electron chi connectivity index (χ0n) is 11.4. The molecule has 100 valence electrons. The number of rotatable bonds is 2. The maximum atomic E-state index is 12.3. The number of anilines is 1. The Hall–Kier alpha value is -2.62. The Balaban J connectivity index is 1.97. The molecule has 1 aromatic carbocycles. The molecular formula is C16H15N3O. The number of hydrogen-bond acceptors (Lipinski definition) is 2. The molecule has 0 aliphatic rings. The molecular weight excluding hydrogens is 250 g/mol. The maximum absolute atomic E-state index is 12.3. The van der Waals surface area contributed by atoms with Crippen LogP contribution in [0.15, 0.2) is 48.8 Å². The van der Waals surface area contributed by atoms with Crippen LogP contribution in [0, 0.1) is 13.8 Å². The summed E-state index contributed by atoms with van der Waals surface area (Å²) in [5.74, 6) is -0.114. The lowest BCUT2D eigenvalue weighted by molar-refractivity contribution is 0.102. The summed E-state index contributed by atoms with van der Waals surface area (Å²) < 4.78 is 1.91. The summed E-state index contributed by atoms with van der Waals surface area (Å²) in [6.07, 6.45) is 3.84. The molecule has 0 bridgehead atoms. The summed E-state index contributed by atoms with van der Waals surface area (Å²) in [4.78, 5) is 16.8. The van der Waals surface area contributed by atoms with Gasteiger partial charge >= 0.3 is 0 Å². The largest absolute Gasteiger partial charge is 0.319 e. The average molecular weight is 265 g/mol. The molecule has 4 nitrogen and oxygen atoms in total. The number of benzene rings is 1. The van der Waals surface area contributed by atoms with E-state index < -0.39 is 0 Å². The van der Waals surface area contributed by atoms with Gasteiger partial charge in [0.15, 0.2) is 5.65 Å². The zero-order valence-corrected chi connectivity index (χ0v) is 11.4. The fourth-order valence-electron chi connectivity index (χ4n) is 2.25. The first-order valence-corrected chi connectivity index (χ1v) is 6.46. The Morgan fingerprint density at radius 1 is 1.15 bits per heavy atom. The molecule has 4 heteroatoms. The van der Waals surface area contributed by atoms with Gasteiger partial charge in [-0.1, -0.05) is 18.2 Å². The molecule has 3 aromatic rings. The third kappa shape index (κ3) is 2.16. The number of fused-ring (bicyclic) bond motifs is 1. The molecule has 20 heavy (non-hydrogen) atoms. The number of carbonyl (C=O) groups is 1. The van der Waals surface area contributed by atoms with E-state index in [4.69, 9.17) is 0 Å². The van der Waals surface area contributed by atoms with E-state index in [1.807, 2.05) is 67.0 Å². The summed E-state index contributed by atoms with van der Waals surface area (Å²) in [7, 11) is 0. The van der Waals surface area contributed by atoms with Crippen molar-refractivity contribution in [3.63, 3.8) is 0 Å². The SMILES string of the molecule is Cc1cn2cccc(NC(=O)c3ccccc3C)c2n1. The first-order valence-electron chi connectivity index (χ1n) is 6.46. The van der Waals surface area contributed by atoms with Crippen molar-refractivity contribution in [3.8, 4) is 0 Å². The second-order valence-electron chi connectivity index (χ2n) is 4.80. The van der Waals surface area contributed by atoms with Gasteiger partial charge in [-0.05, 0) is 37.6 Å². The van der Waals surface area contributed by atoms with Gasteiger partial charge in [0, 0.05) is 18.0 Å². The first kappa shape index (κ1) is 12.4. The van der Waals surface area contributed by atoms with E-state index in [1.165, 1.54) is 0 Å². The van der Waals surface area contributed by atoms with Crippen LogP contribution in [-0.4, -0.2) is 15.3 Å². The van der Waals surface area contributed by atoms with E-state index in [2.05, 4.69) is 10.3 Å². The highest BCUT2D eigenvalue weighted by atomic mass is 16.1. The van der Waals surface area contributed by atoms with Crippen molar-refractivity contribution in [1.29, 1.82) is 0 Å². The summed E-state index contributed by atoms with van der Waals surface area (Å²) in [5, 5.41) is 2.93. The summed E-state index contributed by atoms with van der Waals surface area (Å²) in [6.45, 7) is 3.86. The highest BCUT2D eigenvalue weighted by Gasteiger charge is 2.11. The summed E-state index contributed by atoms with van der Waals surface area (Å²) >= 11 is 0. The van der Waals surface area contributed by atoms with Gasteiger partial charge in [-0.25, -0.2) is 4.98 Å². The van der Waals surface area contributed by atoms with Crippen molar-refractivity contribution in [1.82, 2.24) is 9.38 Å². The van der Waals surface area contributed by atoms with Crippen LogP contribution in [0.5, 0.6) is 0 Å². The number of hydrogen-bond donors (Lipinski definition) is 1. The summed E-state index contributed by atoms with van der Waals surface area (Å²) in [5.41, 5.74) is 4.03. The molecule has 0 saturated carbocycles. The van der Waals surface area contributed by atoms with Gasteiger partial charge in [-0.3, -0.25) is 4.79 Å². The van der Waals surface area contributed by atoms with Gasteiger partial charge in [0.05, 0.1) is 11.4 Å². The van der Waals surface area contributed by atoms with Crippen LogP contribution in [-0.2, 0) is 0 Å². The van der Waals surface area contributed by atoms with E-state index >= 15 is 0 Å². The predicted octanol–water partition coefficient (Wildman–Crippen LogP) is 3.20. The van der Waals surface area contributed by atoms with Gasteiger partial charge in [0.1, 0.15) is 0 Å². The second-order valence-corrected chi connectivity index (χ2v) is 4.80. The van der Waals surface area contributed by atoms with Crippen LogP contribution >= 0.6 is 0 Å². The van der Waals surface area contributed by atoms with Crippen molar-refractivity contribution >= 4 is 17.2 Å². The minimum absolute atomic E-state index is 0.114. The van der Waals surface area contributed by atoms with Crippen molar-refractivity contribution in [2.24, 2.45) is 0 Å². The van der Waals surface area contributed by atoms with Gasteiger partial charge in [-0.15, -0.1) is 0 Å². The van der Waals surface area contributed by atoms with Gasteiger partial charge < -0.3 is 9.72 Å². The molecule has 1 N–H and O–H groups in total. The molecule has 2 heterocycles. The van der Waals surface area contributed by atoms with Crippen molar-refractivity contribution in [3.05, 3.63) is 65.6 Å². The highest BCUT2D eigenvalue weighted by molar-refractivity contribution is 6.06. The monoisotopic (exact) mass is 265 g/mol. The molecule has 0 aliphatic carbocycles. The van der Waals surface area contributed by atoms with Crippen LogP contribution in [0.25, 0.3) is 5.65 Å². The molecule has 2 aromatic heterocycles. The fourth-order valence-corrected chi connectivity index (χ4v) is 2.25. The number of amides is 1. The van der Waals surface area contributed by atoms with Gasteiger partial charge in [0.25, 0.3) is 5.91 Å². The van der Waals surface area contributed by atoms with Crippen LogP contribution in [0.4, 0.5) is 5.69 Å². The molecule has 0 unspecified atom stereocenters. The van der Waals surface area contributed by atoms with Crippen LogP contribution in [0.3, 0.4) is 0 Å². The number of imidazole rings is 1. The lowest BCUT2D eigenvalue weighted by Gasteiger charge is -2.08. The fraction of sp³-hybridized carbons (Fsp3) is 0.125. The molecule has 0 radical (unpaired) electrons. The molecule has 0 atom stereocenters. The molecule has 0 saturated heterocycles. The smallest absolute Gasteiger partial charge is 0.256 e. The van der Waals surface area contributed by atoms with Crippen molar-refractivity contribution in [2.75, 3.05) is 5.32 Å². The molecule has 0 aliphatic heterocycles. The van der Waals surface area contributed by atoms with E-state index in [0.29, 0.717) is 11.3 Å². The molecule has 0 spiro atoms. The van der Waals surface area contributed by atoms with E-state index in [0.717, 1.165) is 16.9 Å². The van der Waals surface area contributed by atoms with Crippen LogP contribution in [0.1, 0.15) is 21.6 Å². The zero-order chi connectivity index (χ0) is 14.1. The Morgan fingerprint density at radius 2 is 1.95 bits per heavy atom. The van der Waals surface area contributed by atoms with Crippen LogP contribution in [0.2, 0.25) is 0 Å². The number of nitrogens with one attached hydrogen (secondary N) is 1. The highest BCUT2D eigenvalue weighted by Crippen LogP contribution is 2.18. The topological polar surface area (TPSA) is 46.4 Å². The van der Waals surface area contributed by atoms with Crippen LogP contribution < -0.4 is 5.32 Å². The maximum Gasteiger partial charge on any atom is 0.256 e. The standard InChI is InChI=1S/C16H15N3O/c1-11-6-3-4-7-13(11)16(20)18-14-8-5-9-19-10-12(2)17-15(14)19/h3-10H,1-2H3,(H,18,20). The van der Waals surface area contributed by atoms with E-state index in [1.54, 1.807) is 0 Å². The second kappa shape index (κ2) is 4.81. The Bertz CT molecular complexity index is 789. The summed E-state index contributed by atoms with van der Waals surface area (Å²) in [6, 6.07) is 11.3. The van der Waals surface area contributed by atoms with E-state index in [9.17, 15) is 4.79 Å². The normalized spacial score (nSPS) is 10.7. The third-order valence-electron chi connectivity index (χ3n) is 3.24. The Morgan fingerprint density at radius 3 is 2.75 bits per heavy atom. The third-order valence-corrected chi connectivity index (χ3v) is 3.24. The number of nitrogens with zero attached hydrogens (tertiary/aromatic N) is 2. The molecule has 0 fully saturated rings. The average Bonchev–Trinajstić information content (AvgIpc) is 2.80. The minimum atomic E-state index is -0.114. The molecule has 1 amide bonds. The predicted molar refractivity (Wildman–Crippen MR) is 79.1 cm³/mol. The Labute approximate surface area is 117 Å². The quantitative estimate of drug-likeness (QED) is 0.773. The van der Waals surface area contributed by atoms with Crippen molar-refractivity contribution in [2.45, 2.75) is 13.8 Å². The number of aryl methyl sites for hydroxylation is 2. The van der Waals surface area contributed by atoms with Crippen molar-refractivity contribution < 1.29 is 4.79 Å². The van der Waals surface area contributed by atoms with Gasteiger partial charge in [-0.2, -0.15) is 0 Å².